The summed E-state index contributed by atoms with van der Waals surface area (Å²) in [5, 5.41) is 6.49. The lowest BCUT2D eigenvalue weighted by atomic mass is 9.98. The fourth-order valence-electron chi connectivity index (χ4n) is 9.12. The number of nitrogens with one attached hydrogen (secondary N) is 4. The van der Waals surface area contributed by atoms with E-state index in [0.29, 0.717) is 13.1 Å². The molecule has 3 aliphatic rings. The van der Waals surface area contributed by atoms with Crippen LogP contribution < -0.4 is 10.6 Å². The average Bonchev–Trinajstić information content (AvgIpc) is 4.10. The predicted molar refractivity (Wildman–Crippen MR) is 225 cm³/mol. The Labute approximate surface area is 349 Å². The summed E-state index contributed by atoms with van der Waals surface area (Å²) in [5.74, 6) is 1.83. The summed E-state index contributed by atoms with van der Waals surface area (Å²) in [5.41, 5.74) is 7.99. The Morgan fingerprint density at radius 3 is 1.80 bits per heavy atom. The van der Waals surface area contributed by atoms with Crippen LogP contribution in [0.5, 0.6) is 0 Å². The highest BCUT2D eigenvalue weighted by molar-refractivity contribution is 5.92. The molecule has 0 spiro atoms. The van der Waals surface area contributed by atoms with Gasteiger partial charge in [0.25, 0.3) is 0 Å². The number of alkyl carbamates (subject to hydrolysis) is 2. The lowest BCUT2D eigenvalue weighted by Gasteiger charge is -2.30. The molecule has 0 radical (unpaired) electrons. The number of likely N-dealkylation sites (tertiary alicyclic amines) is 2. The van der Waals surface area contributed by atoms with Crippen molar-refractivity contribution >= 4 is 35.0 Å². The molecule has 4 N–H and O–H groups in total. The van der Waals surface area contributed by atoms with E-state index in [0.717, 1.165) is 101 Å². The number of rotatable bonds is 10. The maximum Gasteiger partial charge on any atom is 0.407 e. The zero-order valence-electron chi connectivity index (χ0n) is 35.1. The highest BCUT2D eigenvalue weighted by Crippen LogP contribution is 2.42. The van der Waals surface area contributed by atoms with Gasteiger partial charge in [-0.15, -0.1) is 0 Å². The smallest absolute Gasteiger partial charge is 0.407 e. The molecule has 2 aliphatic heterocycles. The van der Waals surface area contributed by atoms with E-state index in [-0.39, 0.29) is 35.7 Å². The van der Waals surface area contributed by atoms with Crippen molar-refractivity contribution in [1.29, 1.82) is 0 Å². The molecular formula is C45H54N8O7. The fourth-order valence-corrected chi connectivity index (χ4v) is 9.12. The number of fused-ring (bicyclic) bond motifs is 5. The van der Waals surface area contributed by atoms with Crippen LogP contribution in [0.2, 0.25) is 0 Å². The number of aromatic amines is 2. The van der Waals surface area contributed by atoms with Crippen LogP contribution in [0.1, 0.15) is 94.7 Å². The van der Waals surface area contributed by atoms with Crippen molar-refractivity contribution in [2.24, 2.45) is 11.8 Å². The van der Waals surface area contributed by atoms with Gasteiger partial charge in [0, 0.05) is 35.2 Å². The van der Waals surface area contributed by atoms with Gasteiger partial charge in [0.2, 0.25) is 11.8 Å². The van der Waals surface area contributed by atoms with Crippen molar-refractivity contribution in [3.05, 3.63) is 71.6 Å². The van der Waals surface area contributed by atoms with Crippen molar-refractivity contribution in [3.63, 3.8) is 0 Å². The minimum atomic E-state index is -0.698. The highest BCUT2D eigenvalue weighted by atomic mass is 16.5. The Morgan fingerprint density at radius 2 is 1.27 bits per heavy atom. The Hall–Kier alpha value is -6.12. The van der Waals surface area contributed by atoms with E-state index in [9.17, 15) is 19.2 Å². The third-order valence-corrected chi connectivity index (χ3v) is 12.3. The van der Waals surface area contributed by atoms with Gasteiger partial charge in [-0.05, 0) is 92.2 Å². The summed E-state index contributed by atoms with van der Waals surface area (Å²) in [6.07, 6.45) is 8.35. The van der Waals surface area contributed by atoms with E-state index in [4.69, 9.17) is 23.9 Å². The molecule has 15 nitrogen and oxygen atoms in total. The summed E-state index contributed by atoms with van der Waals surface area (Å²) in [7, 11) is 2.59. The number of furan rings is 1. The van der Waals surface area contributed by atoms with Gasteiger partial charge < -0.3 is 44.3 Å². The number of imidazole rings is 2. The highest BCUT2D eigenvalue weighted by Gasteiger charge is 2.39. The number of H-pyrrole nitrogens is 2. The second-order valence-electron chi connectivity index (χ2n) is 16.8. The number of hydrogen-bond donors (Lipinski definition) is 4. The lowest BCUT2D eigenvalue weighted by molar-refractivity contribution is -0.136. The van der Waals surface area contributed by atoms with Gasteiger partial charge in [0.05, 0.1) is 50.1 Å². The maximum atomic E-state index is 13.7. The van der Waals surface area contributed by atoms with Crippen molar-refractivity contribution in [2.45, 2.75) is 96.8 Å². The van der Waals surface area contributed by atoms with Crippen LogP contribution in [-0.4, -0.2) is 93.1 Å². The van der Waals surface area contributed by atoms with Crippen molar-refractivity contribution in [3.8, 4) is 33.8 Å². The summed E-state index contributed by atoms with van der Waals surface area (Å²) in [4.78, 5) is 71.6. The quantitative estimate of drug-likeness (QED) is 0.111. The van der Waals surface area contributed by atoms with Crippen LogP contribution in [0, 0.1) is 11.8 Å². The largest absolute Gasteiger partial charge is 0.456 e. The summed E-state index contributed by atoms with van der Waals surface area (Å²) >= 11 is 0. The molecule has 316 valence electrons. The van der Waals surface area contributed by atoms with Gasteiger partial charge in [-0.25, -0.2) is 19.6 Å². The molecule has 15 heteroatoms. The van der Waals surface area contributed by atoms with Gasteiger partial charge in [-0.2, -0.15) is 0 Å². The van der Waals surface area contributed by atoms with Crippen LogP contribution in [0.3, 0.4) is 0 Å². The summed E-state index contributed by atoms with van der Waals surface area (Å²) in [6, 6.07) is 10.8. The standard InChI is InChI=1S/C45H54N8O7/c1-24(2)37(50-44(56)58-5)42(54)52-18-8-12-34(52)40-46-22-32(48-40)27-14-16-29-26(20-27)10-7-11-30-31-21-28(15-17-36(31)60-39(29)30)33-23-47-41(49-33)35-13-9-19-53(35)43(55)38(25(3)4)51-45(57)59-6/h14-17,20-25,34-35,37-38H,7-13,18-19H2,1-6H3,(H,46,48)(H,47,49)(H,50,56)(H,51,57)/t34-,35-,37-,38?/m0/s1. The maximum absolute atomic E-state index is 13.7. The number of hydrogen-bond acceptors (Lipinski definition) is 9. The van der Waals surface area contributed by atoms with Gasteiger partial charge in [-0.1, -0.05) is 39.8 Å². The van der Waals surface area contributed by atoms with Crippen LogP contribution in [0.25, 0.3) is 44.8 Å². The molecule has 4 amide bonds. The predicted octanol–water partition coefficient (Wildman–Crippen LogP) is 7.46. The number of carbonyl (C=O) groups excluding carboxylic acids is 4. The molecule has 0 bridgehead atoms. The van der Waals surface area contributed by atoms with E-state index in [1.165, 1.54) is 25.3 Å². The van der Waals surface area contributed by atoms with Gasteiger partial charge in [-0.3, -0.25) is 9.59 Å². The van der Waals surface area contributed by atoms with E-state index in [1.807, 2.05) is 62.0 Å². The first-order valence-electron chi connectivity index (χ1n) is 21.0. The van der Waals surface area contributed by atoms with Crippen LogP contribution in [-0.2, 0) is 31.9 Å². The molecule has 2 fully saturated rings. The molecule has 8 rings (SSSR count). The molecule has 0 saturated carbocycles. The third-order valence-electron chi connectivity index (χ3n) is 12.3. The topological polar surface area (TPSA) is 188 Å². The minimum absolute atomic E-state index is 0.111. The Balaban J connectivity index is 1.01. The number of aryl methyl sites for hydroxylation is 2. The molecule has 60 heavy (non-hydrogen) atoms. The van der Waals surface area contributed by atoms with Crippen LogP contribution in [0.15, 0.2) is 53.2 Å². The van der Waals surface area contributed by atoms with Gasteiger partial charge in [0.1, 0.15) is 35.1 Å². The first kappa shape index (κ1) is 40.7. The van der Waals surface area contributed by atoms with Gasteiger partial charge in [0.15, 0.2) is 0 Å². The second kappa shape index (κ2) is 16.9. The number of amides is 4. The minimum Gasteiger partial charge on any atom is -0.456 e. The van der Waals surface area contributed by atoms with E-state index in [2.05, 4.69) is 44.9 Å². The number of benzene rings is 2. The molecule has 1 unspecified atom stereocenters. The number of carbonyl (C=O) groups is 4. The molecule has 1 aliphatic carbocycles. The lowest BCUT2D eigenvalue weighted by Crippen LogP contribution is -2.51. The van der Waals surface area contributed by atoms with Crippen molar-refractivity contribution in [2.75, 3.05) is 27.3 Å². The molecule has 2 saturated heterocycles. The van der Waals surface area contributed by atoms with Crippen molar-refractivity contribution < 1.29 is 33.1 Å². The molecular weight excluding hydrogens is 765 g/mol. The number of ether oxygens (including phenoxy) is 2. The fraction of sp³-hybridized carbons (Fsp3) is 0.467. The molecule has 5 heterocycles. The van der Waals surface area contributed by atoms with Gasteiger partial charge >= 0.3 is 12.2 Å². The summed E-state index contributed by atoms with van der Waals surface area (Å²) < 4.78 is 16.2. The van der Waals surface area contributed by atoms with E-state index in [1.54, 1.807) is 0 Å². The molecule has 3 aromatic heterocycles. The van der Waals surface area contributed by atoms with E-state index < -0.39 is 24.3 Å². The van der Waals surface area contributed by atoms with Crippen LogP contribution >= 0.6 is 0 Å². The SMILES string of the molecule is COC(=O)NC(C(=O)N1CCC[C@H]1c1ncc(-c2ccc3oc4c(c3c2)CCCc2cc(-c3cnc([C@@H]5CCCN5C(=O)[C@@H](NC(=O)OC)C(C)C)[nH]3)ccc2-4)[nH]1)C(C)C. The Morgan fingerprint density at radius 1 is 0.733 bits per heavy atom. The molecule has 4 atom stereocenters. The monoisotopic (exact) mass is 818 g/mol. The number of nitrogens with zero attached hydrogens (tertiary/aromatic N) is 4. The van der Waals surface area contributed by atoms with Crippen molar-refractivity contribution in [1.82, 2.24) is 40.4 Å². The average molecular weight is 819 g/mol. The zero-order valence-corrected chi connectivity index (χ0v) is 35.1. The molecule has 2 aromatic carbocycles. The third kappa shape index (κ3) is 7.72. The Bertz CT molecular complexity index is 2410. The summed E-state index contributed by atoms with van der Waals surface area (Å²) in [6.45, 7) is 8.80. The number of methoxy groups -OCH3 is 2. The Kier molecular flexibility index (Phi) is 11.4. The normalized spacial score (nSPS) is 18.6. The van der Waals surface area contributed by atoms with E-state index >= 15 is 0 Å². The first-order chi connectivity index (χ1) is 28.9. The number of aromatic nitrogens is 4. The zero-order chi connectivity index (χ0) is 42.2. The molecule has 5 aromatic rings. The second-order valence-corrected chi connectivity index (χ2v) is 16.8. The van der Waals surface area contributed by atoms with Crippen LogP contribution in [0.4, 0.5) is 9.59 Å². The first-order valence-corrected chi connectivity index (χ1v) is 21.0.